The van der Waals surface area contributed by atoms with Crippen LogP contribution in [0.1, 0.15) is 54.3 Å². The number of thiazole rings is 1. The molecule has 1 aliphatic carbocycles. The van der Waals surface area contributed by atoms with Crippen molar-refractivity contribution in [3.05, 3.63) is 69.4 Å². The highest BCUT2D eigenvalue weighted by Crippen LogP contribution is 2.41. The zero-order chi connectivity index (χ0) is 23.6. The second-order valence-corrected chi connectivity index (χ2v) is 10.8. The van der Waals surface area contributed by atoms with Crippen molar-refractivity contribution < 1.29 is 4.74 Å². The molecule has 2 fully saturated rings. The first-order valence-corrected chi connectivity index (χ1v) is 13.6. The van der Waals surface area contributed by atoms with Gasteiger partial charge in [-0.3, -0.25) is 4.98 Å². The molecular weight excluding hydrogens is 454 g/mol. The fourth-order valence-electron chi connectivity index (χ4n) is 5.62. The Bertz CT molecular complexity index is 1310. The van der Waals surface area contributed by atoms with Gasteiger partial charge in [-0.1, -0.05) is 25.0 Å². The van der Waals surface area contributed by atoms with Crippen LogP contribution < -0.4 is 25.9 Å². The molecule has 6 rings (SSSR count). The van der Waals surface area contributed by atoms with E-state index < -0.39 is 0 Å². The van der Waals surface area contributed by atoms with Gasteiger partial charge in [0.15, 0.2) is 0 Å². The van der Waals surface area contributed by atoms with Crippen LogP contribution >= 0.6 is 11.3 Å². The molecule has 1 saturated heterocycles. The Morgan fingerprint density at radius 2 is 2.09 bits per heavy atom. The van der Waals surface area contributed by atoms with Gasteiger partial charge in [0.05, 0.1) is 23.2 Å². The lowest BCUT2D eigenvalue weighted by atomic mass is 10.0. The number of piperazine rings is 1. The first-order valence-electron chi connectivity index (χ1n) is 12.8. The highest BCUT2D eigenvalue weighted by molar-refractivity contribution is 7.16. The quantitative estimate of drug-likeness (QED) is 0.556. The van der Waals surface area contributed by atoms with Gasteiger partial charge < -0.3 is 20.3 Å². The van der Waals surface area contributed by atoms with Crippen LogP contribution in [0.25, 0.3) is 11.9 Å². The summed E-state index contributed by atoms with van der Waals surface area (Å²) >= 11 is 1.84. The van der Waals surface area contributed by atoms with Crippen molar-refractivity contribution in [2.24, 2.45) is 0 Å². The Labute approximate surface area is 210 Å². The SMILES string of the molecule is COc1cccc(CCC2CN(C3=c4ncccc4=CNc4sc(C5CCCC5)nc43)CCN2)c1. The molecule has 1 unspecified atom stereocenters. The Morgan fingerprint density at radius 1 is 1.17 bits per heavy atom. The molecule has 182 valence electrons. The van der Waals surface area contributed by atoms with Crippen molar-refractivity contribution in [3.8, 4) is 5.75 Å². The predicted octanol–water partition coefficient (Wildman–Crippen LogP) is 3.43. The summed E-state index contributed by atoms with van der Waals surface area (Å²) in [6.45, 7) is 2.86. The van der Waals surface area contributed by atoms with Crippen molar-refractivity contribution in [1.82, 2.24) is 20.2 Å². The number of nitrogens with zero attached hydrogens (tertiary/aromatic N) is 3. The van der Waals surface area contributed by atoms with E-state index in [1.807, 2.05) is 29.7 Å². The molecule has 2 N–H and O–H groups in total. The average molecular weight is 488 g/mol. The Hall–Kier alpha value is -2.90. The zero-order valence-corrected chi connectivity index (χ0v) is 21.1. The van der Waals surface area contributed by atoms with E-state index >= 15 is 0 Å². The maximum absolute atomic E-state index is 5.41. The molecular formula is C28H33N5OS. The number of anilines is 1. The standard InChI is InChI=1S/C28H33N5OS/c1-34-23-10-4-6-19(16-23)11-12-22-18-33(15-14-29-22)26-24-21(9-5-13-30-24)17-31-28-25(26)32-27(35-28)20-7-2-3-8-20/h4-6,9-10,13,16-17,20,22,29,31H,2-3,7-8,11-12,14-15,18H2,1H3. The molecule has 4 heterocycles. The summed E-state index contributed by atoms with van der Waals surface area (Å²) < 4.78 is 5.41. The molecule has 0 bridgehead atoms. The van der Waals surface area contributed by atoms with Gasteiger partial charge >= 0.3 is 0 Å². The van der Waals surface area contributed by atoms with Crippen LogP contribution in [0.5, 0.6) is 5.75 Å². The molecule has 7 heteroatoms. The first-order chi connectivity index (χ1) is 17.3. The van der Waals surface area contributed by atoms with E-state index in [2.05, 4.69) is 46.0 Å². The molecule has 3 aromatic rings. The summed E-state index contributed by atoms with van der Waals surface area (Å²) in [7, 11) is 1.73. The van der Waals surface area contributed by atoms with Gasteiger partial charge in [0.1, 0.15) is 16.4 Å². The fourth-order valence-corrected chi connectivity index (χ4v) is 6.73. The largest absolute Gasteiger partial charge is 0.497 e. The monoisotopic (exact) mass is 487 g/mol. The molecule has 35 heavy (non-hydrogen) atoms. The van der Waals surface area contributed by atoms with Crippen LogP contribution in [-0.2, 0) is 6.42 Å². The Morgan fingerprint density at radius 3 is 2.97 bits per heavy atom. The van der Waals surface area contributed by atoms with Crippen LogP contribution in [0.4, 0.5) is 5.00 Å². The number of hydrogen-bond donors (Lipinski definition) is 2. The molecule has 1 aromatic carbocycles. The summed E-state index contributed by atoms with van der Waals surface area (Å²) in [5.41, 5.74) is 3.59. The van der Waals surface area contributed by atoms with E-state index in [0.717, 1.165) is 59.5 Å². The smallest absolute Gasteiger partial charge is 0.124 e. The molecule has 3 aliphatic rings. The first kappa shape index (κ1) is 22.6. The van der Waals surface area contributed by atoms with E-state index in [1.165, 1.54) is 42.0 Å². The molecule has 1 saturated carbocycles. The fraction of sp³-hybridized carbons (Fsp3) is 0.429. The minimum absolute atomic E-state index is 0.409. The third kappa shape index (κ3) is 4.67. The van der Waals surface area contributed by atoms with Crippen LogP contribution in [0.3, 0.4) is 0 Å². The molecule has 2 aromatic heterocycles. The second kappa shape index (κ2) is 9.99. The maximum Gasteiger partial charge on any atom is 0.124 e. The van der Waals surface area contributed by atoms with Gasteiger partial charge in [0.2, 0.25) is 0 Å². The van der Waals surface area contributed by atoms with Crippen molar-refractivity contribution >= 4 is 28.2 Å². The average Bonchev–Trinajstić information content (AvgIpc) is 3.56. The molecule has 0 amide bonds. The zero-order valence-electron chi connectivity index (χ0n) is 20.3. The van der Waals surface area contributed by atoms with Crippen molar-refractivity contribution in [3.63, 3.8) is 0 Å². The molecule has 0 radical (unpaired) electrons. The minimum atomic E-state index is 0.409. The van der Waals surface area contributed by atoms with E-state index in [-0.39, 0.29) is 0 Å². The molecule has 1 atom stereocenters. The summed E-state index contributed by atoms with van der Waals surface area (Å²) in [6.07, 6.45) is 11.3. The van der Waals surface area contributed by atoms with Gasteiger partial charge in [0.25, 0.3) is 0 Å². The number of aromatic nitrogens is 2. The molecule has 0 spiro atoms. The summed E-state index contributed by atoms with van der Waals surface area (Å²) in [5, 5.41) is 11.9. The van der Waals surface area contributed by atoms with E-state index in [9.17, 15) is 0 Å². The van der Waals surface area contributed by atoms with Crippen LogP contribution in [0, 0.1) is 0 Å². The van der Waals surface area contributed by atoms with Crippen LogP contribution in [0.15, 0.2) is 42.6 Å². The number of pyridine rings is 1. The number of rotatable bonds is 6. The topological polar surface area (TPSA) is 62.3 Å². The lowest BCUT2D eigenvalue weighted by Crippen LogP contribution is -2.52. The Kier molecular flexibility index (Phi) is 6.44. The van der Waals surface area contributed by atoms with Crippen LogP contribution in [0.2, 0.25) is 0 Å². The van der Waals surface area contributed by atoms with Crippen molar-refractivity contribution in [1.29, 1.82) is 0 Å². The van der Waals surface area contributed by atoms with Crippen molar-refractivity contribution in [2.75, 3.05) is 32.1 Å². The van der Waals surface area contributed by atoms with E-state index in [0.29, 0.717) is 12.0 Å². The maximum atomic E-state index is 5.41. The lowest BCUT2D eigenvalue weighted by molar-refractivity contribution is 0.268. The third-order valence-electron chi connectivity index (χ3n) is 7.48. The molecule has 6 nitrogen and oxygen atoms in total. The predicted molar refractivity (Wildman–Crippen MR) is 142 cm³/mol. The molecule has 2 aliphatic heterocycles. The Balaban J connectivity index is 1.30. The number of fused-ring (bicyclic) bond motifs is 2. The highest BCUT2D eigenvalue weighted by atomic mass is 32.1. The minimum Gasteiger partial charge on any atom is -0.497 e. The number of ether oxygens (including phenoxy) is 1. The van der Waals surface area contributed by atoms with Gasteiger partial charge in [-0.15, -0.1) is 11.3 Å². The van der Waals surface area contributed by atoms with Gasteiger partial charge in [-0.25, -0.2) is 4.98 Å². The van der Waals surface area contributed by atoms with E-state index in [1.54, 1.807) is 7.11 Å². The number of methoxy groups -OCH3 is 1. The van der Waals surface area contributed by atoms with Crippen LogP contribution in [-0.4, -0.2) is 47.7 Å². The third-order valence-corrected chi connectivity index (χ3v) is 8.63. The summed E-state index contributed by atoms with van der Waals surface area (Å²) in [5.74, 6) is 1.53. The second-order valence-electron chi connectivity index (χ2n) is 9.78. The van der Waals surface area contributed by atoms with Gasteiger partial charge in [-0.05, 0) is 55.5 Å². The highest BCUT2D eigenvalue weighted by Gasteiger charge is 2.29. The lowest BCUT2D eigenvalue weighted by Gasteiger charge is -2.36. The van der Waals surface area contributed by atoms with Gasteiger partial charge in [0, 0.05) is 49.2 Å². The van der Waals surface area contributed by atoms with Crippen molar-refractivity contribution in [2.45, 2.75) is 50.5 Å². The summed E-state index contributed by atoms with van der Waals surface area (Å²) in [6, 6.07) is 13.0. The number of nitrogens with one attached hydrogen (secondary N) is 2. The van der Waals surface area contributed by atoms with Gasteiger partial charge in [-0.2, -0.15) is 0 Å². The van der Waals surface area contributed by atoms with E-state index in [4.69, 9.17) is 14.7 Å². The number of benzene rings is 1. The normalized spacial score (nSPS) is 20.0. The number of hydrogen-bond acceptors (Lipinski definition) is 7. The summed E-state index contributed by atoms with van der Waals surface area (Å²) in [4.78, 5) is 12.7. The number of aryl methyl sites for hydroxylation is 1.